The summed E-state index contributed by atoms with van der Waals surface area (Å²) < 4.78 is 0. The first-order valence-corrected chi connectivity index (χ1v) is 5.91. The van der Waals surface area contributed by atoms with Gasteiger partial charge in [-0.1, -0.05) is 12.1 Å². The number of carboxylic acids is 1. The van der Waals surface area contributed by atoms with E-state index in [0.29, 0.717) is 13.1 Å². The van der Waals surface area contributed by atoms with E-state index in [9.17, 15) is 9.59 Å². The number of hydrogen-bond donors (Lipinski definition) is 2. The van der Waals surface area contributed by atoms with Crippen LogP contribution in [-0.4, -0.2) is 36.1 Å². The molecule has 1 aromatic carbocycles. The quantitative estimate of drug-likeness (QED) is 0.829. The highest BCUT2D eigenvalue weighted by Gasteiger charge is 2.30. The lowest BCUT2D eigenvalue weighted by molar-refractivity contribution is -0.139. The molecular formula is C13H16N2O3. The van der Waals surface area contributed by atoms with Crippen LogP contribution in [0.1, 0.15) is 12.0 Å². The number of hydrogen-bond acceptors (Lipinski definition) is 3. The summed E-state index contributed by atoms with van der Waals surface area (Å²) in [6.45, 7) is 3.14. The molecule has 0 aliphatic carbocycles. The molecule has 1 unspecified atom stereocenters. The van der Waals surface area contributed by atoms with Crippen LogP contribution < -0.4 is 10.2 Å². The predicted octanol–water partition coefficient (Wildman–Crippen LogP) is 0.775. The van der Waals surface area contributed by atoms with Gasteiger partial charge in [0.05, 0.1) is 12.5 Å². The van der Waals surface area contributed by atoms with Crippen LogP contribution in [0.2, 0.25) is 0 Å². The van der Waals surface area contributed by atoms with Crippen molar-refractivity contribution in [1.29, 1.82) is 0 Å². The molecule has 18 heavy (non-hydrogen) atoms. The van der Waals surface area contributed by atoms with Gasteiger partial charge in [0.15, 0.2) is 0 Å². The largest absolute Gasteiger partial charge is 0.481 e. The Labute approximate surface area is 105 Å². The number of nitrogens with zero attached hydrogens (tertiary/aromatic N) is 1. The Morgan fingerprint density at radius 3 is 3.00 bits per heavy atom. The van der Waals surface area contributed by atoms with Crippen LogP contribution in [0.3, 0.4) is 0 Å². The number of anilines is 1. The summed E-state index contributed by atoms with van der Waals surface area (Å²) in [7, 11) is 0. The number of rotatable bonds is 3. The summed E-state index contributed by atoms with van der Waals surface area (Å²) in [5, 5.41) is 11.7. The maximum absolute atomic E-state index is 12.2. The van der Waals surface area contributed by atoms with Gasteiger partial charge in [-0.2, -0.15) is 0 Å². The van der Waals surface area contributed by atoms with Crippen LogP contribution in [0.5, 0.6) is 0 Å². The zero-order valence-electron chi connectivity index (χ0n) is 10.2. The number of aryl methyl sites for hydroxylation is 1. The molecule has 2 rings (SSSR count). The zero-order valence-corrected chi connectivity index (χ0v) is 10.2. The van der Waals surface area contributed by atoms with E-state index in [4.69, 9.17) is 5.11 Å². The van der Waals surface area contributed by atoms with Crippen molar-refractivity contribution < 1.29 is 14.7 Å². The predicted molar refractivity (Wildman–Crippen MR) is 67.6 cm³/mol. The van der Waals surface area contributed by atoms with Gasteiger partial charge >= 0.3 is 5.97 Å². The van der Waals surface area contributed by atoms with Crippen LogP contribution in [0, 0.1) is 6.92 Å². The van der Waals surface area contributed by atoms with E-state index in [-0.39, 0.29) is 12.3 Å². The normalized spacial score (nSPS) is 19.9. The van der Waals surface area contributed by atoms with Crippen LogP contribution in [0.4, 0.5) is 5.69 Å². The molecule has 1 fully saturated rings. The third kappa shape index (κ3) is 2.68. The zero-order chi connectivity index (χ0) is 13.1. The Hall–Kier alpha value is -1.88. The van der Waals surface area contributed by atoms with Crippen molar-refractivity contribution in [3.63, 3.8) is 0 Å². The number of carbonyl (C=O) groups is 2. The number of nitrogens with one attached hydrogen (secondary N) is 1. The molecule has 5 nitrogen and oxygen atoms in total. The molecule has 96 valence electrons. The second-order valence-corrected chi connectivity index (χ2v) is 4.43. The molecule has 1 aliphatic heterocycles. The maximum Gasteiger partial charge on any atom is 0.305 e. The summed E-state index contributed by atoms with van der Waals surface area (Å²) in [4.78, 5) is 24.5. The first kappa shape index (κ1) is 12.6. The van der Waals surface area contributed by atoms with E-state index in [0.717, 1.165) is 11.3 Å². The Kier molecular flexibility index (Phi) is 3.62. The molecule has 1 aliphatic rings. The van der Waals surface area contributed by atoms with Crippen LogP contribution in [0.15, 0.2) is 24.3 Å². The Morgan fingerprint density at radius 1 is 1.56 bits per heavy atom. The summed E-state index contributed by atoms with van der Waals surface area (Å²) >= 11 is 0. The van der Waals surface area contributed by atoms with E-state index in [1.54, 1.807) is 4.90 Å². The lowest BCUT2D eigenvalue weighted by Gasteiger charge is -2.32. The molecule has 2 N–H and O–H groups in total. The van der Waals surface area contributed by atoms with Gasteiger partial charge in [0, 0.05) is 18.8 Å². The summed E-state index contributed by atoms with van der Waals surface area (Å²) in [6.07, 6.45) is -0.179. The average Bonchev–Trinajstić information content (AvgIpc) is 2.31. The Morgan fingerprint density at radius 2 is 2.33 bits per heavy atom. The van der Waals surface area contributed by atoms with Crippen molar-refractivity contribution in [2.45, 2.75) is 19.4 Å². The van der Waals surface area contributed by atoms with Crippen LogP contribution in [-0.2, 0) is 9.59 Å². The Balaban J connectivity index is 2.18. The number of carbonyl (C=O) groups excluding carboxylic acids is 1. The summed E-state index contributed by atoms with van der Waals surface area (Å²) in [5.41, 5.74) is 1.91. The highest BCUT2D eigenvalue weighted by molar-refractivity contribution is 5.99. The number of carboxylic acid groups (broad SMARTS) is 1. The summed E-state index contributed by atoms with van der Waals surface area (Å²) in [6, 6.07) is 7.03. The van der Waals surface area contributed by atoms with Gasteiger partial charge in [-0.05, 0) is 24.6 Å². The molecule has 0 spiro atoms. The number of piperazine rings is 1. The average molecular weight is 248 g/mol. The number of benzene rings is 1. The van der Waals surface area contributed by atoms with Gasteiger partial charge in [0.25, 0.3) is 0 Å². The molecule has 0 aromatic heterocycles. The highest BCUT2D eigenvalue weighted by atomic mass is 16.4. The fourth-order valence-corrected chi connectivity index (χ4v) is 2.12. The molecule has 1 aromatic rings. The van der Waals surface area contributed by atoms with E-state index < -0.39 is 12.0 Å². The summed E-state index contributed by atoms with van der Waals surface area (Å²) in [5.74, 6) is -1.14. The molecule has 0 radical (unpaired) electrons. The van der Waals surface area contributed by atoms with Gasteiger partial charge in [0.2, 0.25) is 5.91 Å². The Bertz CT molecular complexity index is 473. The van der Waals surface area contributed by atoms with Gasteiger partial charge in [-0.15, -0.1) is 0 Å². The minimum Gasteiger partial charge on any atom is -0.481 e. The van der Waals surface area contributed by atoms with Gasteiger partial charge < -0.3 is 15.3 Å². The van der Waals surface area contributed by atoms with Crippen molar-refractivity contribution in [1.82, 2.24) is 5.32 Å². The first-order chi connectivity index (χ1) is 8.58. The lowest BCUT2D eigenvalue weighted by Crippen LogP contribution is -2.55. The minimum atomic E-state index is -0.966. The van der Waals surface area contributed by atoms with Crippen LogP contribution in [0.25, 0.3) is 0 Å². The third-order valence-electron chi connectivity index (χ3n) is 2.98. The molecule has 5 heteroatoms. The molecule has 1 amide bonds. The van der Waals surface area contributed by atoms with Crippen molar-refractivity contribution >= 4 is 17.6 Å². The highest BCUT2D eigenvalue weighted by Crippen LogP contribution is 2.19. The monoisotopic (exact) mass is 248 g/mol. The van der Waals surface area contributed by atoms with Crippen molar-refractivity contribution in [3.8, 4) is 0 Å². The molecule has 1 heterocycles. The second-order valence-electron chi connectivity index (χ2n) is 4.43. The molecule has 0 saturated carbocycles. The van der Waals surface area contributed by atoms with Crippen molar-refractivity contribution in [2.24, 2.45) is 0 Å². The topological polar surface area (TPSA) is 69.6 Å². The number of aliphatic carboxylic acids is 1. The number of amides is 1. The molecule has 1 atom stereocenters. The van der Waals surface area contributed by atoms with Gasteiger partial charge in [-0.25, -0.2) is 0 Å². The van der Waals surface area contributed by atoms with Crippen molar-refractivity contribution in [2.75, 3.05) is 18.0 Å². The second kappa shape index (κ2) is 5.18. The molecule has 1 saturated heterocycles. The standard InChI is InChI=1S/C13H16N2O3/c1-9-3-2-4-10(7-9)15-6-5-14-11(13(15)18)8-12(16)17/h2-4,7,11,14H,5-6,8H2,1H3,(H,16,17). The van der Waals surface area contributed by atoms with Crippen molar-refractivity contribution in [3.05, 3.63) is 29.8 Å². The van der Waals surface area contributed by atoms with Crippen LogP contribution >= 0.6 is 0 Å². The smallest absolute Gasteiger partial charge is 0.305 e. The first-order valence-electron chi connectivity index (χ1n) is 5.91. The van der Waals surface area contributed by atoms with Gasteiger partial charge in [-0.3, -0.25) is 9.59 Å². The van der Waals surface area contributed by atoms with E-state index in [1.807, 2.05) is 31.2 Å². The van der Waals surface area contributed by atoms with E-state index in [2.05, 4.69) is 5.32 Å². The van der Waals surface area contributed by atoms with E-state index >= 15 is 0 Å². The maximum atomic E-state index is 12.2. The molecule has 0 bridgehead atoms. The molecular weight excluding hydrogens is 232 g/mol. The SMILES string of the molecule is Cc1cccc(N2CCNC(CC(=O)O)C2=O)c1. The fraction of sp³-hybridized carbons (Fsp3) is 0.385. The minimum absolute atomic E-state index is 0.172. The third-order valence-corrected chi connectivity index (χ3v) is 2.98. The fourth-order valence-electron chi connectivity index (χ4n) is 2.12. The van der Waals surface area contributed by atoms with Gasteiger partial charge in [0.1, 0.15) is 0 Å². The van der Waals surface area contributed by atoms with E-state index in [1.165, 1.54) is 0 Å². The lowest BCUT2D eigenvalue weighted by atomic mass is 10.1.